The summed E-state index contributed by atoms with van der Waals surface area (Å²) < 4.78 is 0. The van der Waals surface area contributed by atoms with Crippen molar-refractivity contribution in [3.63, 3.8) is 0 Å². The maximum atomic E-state index is 8.77. The quantitative estimate of drug-likeness (QED) is 0.663. The molecule has 0 atom stereocenters. The summed E-state index contributed by atoms with van der Waals surface area (Å²) in [7, 11) is 0. The number of aliphatic hydroxyl groups is 1. The first-order valence-electron chi connectivity index (χ1n) is 3.90. The lowest BCUT2D eigenvalue weighted by Crippen LogP contribution is -1.99. The third-order valence-corrected chi connectivity index (χ3v) is 2.42. The second kappa shape index (κ2) is 2.08. The molecule has 11 heavy (non-hydrogen) atoms. The number of hydrogen-bond acceptors (Lipinski definition) is 2. The Labute approximate surface area is 65.4 Å². The van der Waals surface area contributed by atoms with Crippen molar-refractivity contribution in [1.82, 2.24) is 10.2 Å². The van der Waals surface area contributed by atoms with Crippen LogP contribution in [0.1, 0.15) is 31.2 Å². The van der Waals surface area contributed by atoms with Gasteiger partial charge in [0.05, 0.1) is 18.0 Å². The van der Waals surface area contributed by atoms with Crippen LogP contribution in [-0.2, 0) is 12.0 Å². The van der Waals surface area contributed by atoms with E-state index in [-0.39, 0.29) is 6.61 Å². The van der Waals surface area contributed by atoms with Crippen molar-refractivity contribution >= 4 is 0 Å². The molecule has 1 aliphatic carbocycles. The highest BCUT2D eigenvalue weighted by molar-refractivity contribution is 5.23. The van der Waals surface area contributed by atoms with Gasteiger partial charge in [-0.1, -0.05) is 6.92 Å². The smallest absolute Gasteiger partial charge is 0.0847 e. The maximum absolute atomic E-state index is 8.77. The Balaban J connectivity index is 2.25. The van der Waals surface area contributed by atoms with Crippen LogP contribution in [0.4, 0.5) is 0 Å². The number of hydrogen-bond donors (Lipinski definition) is 2. The average Bonchev–Trinajstić information content (AvgIpc) is 2.61. The van der Waals surface area contributed by atoms with Crippen LogP contribution in [0.5, 0.6) is 0 Å². The molecule has 1 fully saturated rings. The Hall–Kier alpha value is -0.830. The van der Waals surface area contributed by atoms with Gasteiger partial charge in [0, 0.05) is 5.41 Å². The van der Waals surface area contributed by atoms with E-state index in [1.54, 1.807) is 0 Å². The Bertz CT molecular complexity index is 263. The van der Waals surface area contributed by atoms with E-state index in [0.717, 1.165) is 11.4 Å². The number of nitrogens with one attached hydrogen (secondary N) is 1. The van der Waals surface area contributed by atoms with Gasteiger partial charge in [0.15, 0.2) is 0 Å². The molecule has 3 heteroatoms. The zero-order valence-corrected chi connectivity index (χ0v) is 6.59. The van der Waals surface area contributed by atoms with E-state index in [0.29, 0.717) is 5.41 Å². The van der Waals surface area contributed by atoms with Gasteiger partial charge >= 0.3 is 0 Å². The van der Waals surface area contributed by atoms with Gasteiger partial charge in [0.1, 0.15) is 0 Å². The van der Waals surface area contributed by atoms with Crippen LogP contribution < -0.4 is 0 Å². The number of rotatable bonds is 2. The highest BCUT2D eigenvalue weighted by atomic mass is 16.3. The second-order valence-electron chi connectivity index (χ2n) is 3.50. The molecule has 0 aliphatic heterocycles. The van der Waals surface area contributed by atoms with Crippen molar-refractivity contribution in [3.05, 3.63) is 17.5 Å². The molecule has 2 rings (SSSR count). The van der Waals surface area contributed by atoms with Crippen LogP contribution in [-0.4, -0.2) is 15.3 Å². The van der Waals surface area contributed by atoms with E-state index in [1.165, 1.54) is 12.8 Å². The van der Waals surface area contributed by atoms with Crippen molar-refractivity contribution in [2.45, 2.75) is 31.8 Å². The van der Waals surface area contributed by atoms with Gasteiger partial charge in [-0.25, -0.2) is 0 Å². The van der Waals surface area contributed by atoms with Gasteiger partial charge in [-0.05, 0) is 18.9 Å². The predicted octanol–water partition coefficient (Wildman–Crippen LogP) is 0.954. The summed E-state index contributed by atoms with van der Waals surface area (Å²) in [5.41, 5.74) is 2.22. The van der Waals surface area contributed by atoms with E-state index in [9.17, 15) is 0 Å². The van der Waals surface area contributed by atoms with Gasteiger partial charge in [-0.15, -0.1) is 0 Å². The standard InChI is InChI=1S/C8H12N2O/c1-8(2-3-8)7-4-6(5-11)9-10-7/h4,11H,2-3,5H2,1H3,(H,9,10). The number of aromatic amines is 1. The lowest BCUT2D eigenvalue weighted by molar-refractivity contribution is 0.276. The average molecular weight is 152 g/mol. The van der Waals surface area contributed by atoms with Gasteiger partial charge in [0.25, 0.3) is 0 Å². The van der Waals surface area contributed by atoms with Crippen molar-refractivity contribution in [2.24, 2.45) is 0 Å². The van der Waals surface area contributed by atoms with Gasteiger partial charge in [-0.3, -0.25) is 5.10 Å². The largest absolute Gasteiger partial charge is 0.390 e. The summed E-state index contributed by atoms with van der Waals surface area (Å²) in [5.74, 6) is 0. The lowest BCUT2D eigenvalue weighted by atomic mass is 10.1. The van der Waals surface area contributed by atoms with E-state index >= 15 is 0 Å². The molecule has 0 radical (unpaired) electrons. The summed E-state index contributed by atoms with van der Waals surface area (Å²) >= 11 is 0. The highest BCUT2D eigenvalue weighted by Gasteiger charge is 2.41. The third kappa shape index (κ3) is 1.05. The first-order chi connectivity index (χ1) is 5.24. The van der Waals surface area contributed by atoms with Gasteiger partial charge in [-0.2, -0.15) is 5.10 Å². The SMILES string of the molecule is CC1(c2cc(CO)[nH]n2)CC1. The van der Waals surface area contributed by atoms with Crippen molar-refractivity contribution < 1.29 is 5.11 Å². The van der Waals surface area contributed by atoms with Crippen molar-refractivity contribution in [2.75, 3.05) is 0 Å². The fourth-order valence-corrected chi connectivity index (χ4v) is 1.20. The van der Waals surface area contributed by atoms with Crippen LogP contribution in [0.15, 0.2) is 6.07 Å². The summed E-state index contributed by atoms with van der Waals surface area (Å²) in [5, 5.41) is 15.7. The molecule has 0 aromatic carbocycles. The van der Waals surface area contributed by atoms with Crippen LogP contribution in [0.3, 0.4) is 0 Å². The number of aliphatic hydroxyl groups excluding tert-OH is 1. The summed E-state index contributed by atoms with van der Waals surface area (Å²) in [4.78, 5) is 0. The third-order valence-electron chi connectivity index (χ3n) is 2.42. The lowest BCUT2D eigenvalue weighted by Gasteiger charge is -1.99. The Morgan fingerprint density at radius 1 is 1.73 bits per heavy atom. The molecule has 2 N–H and O–H groups in total. The zero-order chi connectivity index (χ0) is 7.90. The van der Waals surface area contributed by atoms with Crippen LogP contribution in [0, 0.1) is 0 Å². The topological polar surface area (TPSA) is 48.9 Å². The summed E-state index contributed by atoms with van der Waals surface area (Å²) in [6, 6.07) is 1.95. The van der Waals surface area contributed by atoms with E-state index in [1.807, 2.05) is 6.07 Å². The molecule has 0 amide bonds. The monoisotopic (exact) mass is 152 g/mol. The molecule has 1 aromatic heterocycles. The van der Waals surface area contributed by atoms with E-state index < -0.39 is 0 Å². The molecule has 1 saturated carbocycles. The van der Waals surface area contributed by atoms with E-state index in [4.69, 9.17) is 5.11 Å². The zero-order valence-electron chi connectivity index (χ0n) is 6.59. The van der Waals surface area contributed by atoms with Crippen LogP contribution in [0.2, 0.25) is 0 Å². The van der Waals surface area contributed by atoms with Crippen molar-refractivity contribution in [3.8, 4) is 0 Å². The molecule has 1 aromatic rings. The van der Waals surface area contributed by atoms with E-state index in [2.05, 4.69) is 17.1 Å². The molecular formula is C8H12N2O. The minimum absolute atomic E-state index is 0.0586. The number of aromatic nitrogens is 2. The Kier molecular flexibility index (Phi) is 1.29. The molecule has 0 spiro atoms. The first kappa shape index (κ1) is 6.85. The first-order valence-corrected chi connectivity index (χ1v) is 3.90. The number of H-pyrrole nitrogens is 1. The van der Waals surface area contributed by atoms with Crippen LogP contribution >= 0.6 is 0 Å². The maximum Gasteiger partial charge on any atom is 0.0847 e. The molecule has 3 nitrogen and oxygen atoms in total. The molecule has 60 valence electrons. The minimum Gasteiger partial charge on any atom is -0.390 e. The minimum atomic E-state index is 0.0586. The Morgan fingerprint density at radius 2 is 2.45 bits per heavy atom. The molecule has 0 bridgehead atoms. The number of nitrogens with zero attached hydrogens (tertiary/aromatic N) is 1. The molecule has 1 aliphatic rings. The van der Waals surface area contributed by atoms with Crippen molar-refractivity contribution in [1.29, 1.82) is 0 Å². The molecule has 0 saturated heterocycles. The normalized spacial score (nSPS) is 20.2. The summed E-state index contributed by atoms with van der Waals surface area (Å²) in [6.07, 6.45) is 2.45. The fraction of sp³-hybridized carbons (Fsp3) is 0.625. The second-order valence-corrected chi connectivity index (χ2v) is 3.50. The highest BCUT2D eigenvalue weighted by Crippen LogP contribution is 2.46. The van der Waals surface area contributed by atoms with Gasteiger partial charge < -0.3 is 5.11 Å². The van der Waals surface area contributed by atoms with Crippen LogP contribution in [0.25, 0.3) is 0 Å². The molecular weight excluding hydrogens is 140 g/mol. The predicted molar refractivity (Wildman–Crippen MR) is 41.1 cm³/mol. The van der Waals surface area contributed by atoms with Gasteiger partial charge in [0.2, 0.25) is 0 Å². The molecule has 1 heterocycles. The fourth-order valence-electron chi connectivity index (χ4n) is 1.20. The Morgan fingerprint density at radius 3 is 2.91 bits per heavy atom. The summed E-state index contributed by atoms with van der Waals surface area (Å²) in [6.45, 7) is 2.26. The molecule has 0 unspecified atom stereocenters.